The zero-order valence-electron chi connectivity index (χ0n) is 32.9. The number of phenols is 15. The first-order valence-corrected chi connectivity index (χ1v) is 18.5. The van der Waals surface area contributed by atoms with Crippen LogP contribution in [0.3, 0.4) is 0 Å². The van der Waals surface area contributed by atoms with E-state index in [0.717, 1.165) is 0 Å². The maximum Gasteiger partial charge on any atom is 0.340 e. The van der Waals surface area contributed by atoms with Crippen molar-refractivity contribution in [2.45, 2.75) is 30.7 Å². The SMILES string of the molecule is O=C(OCC1OC(OC(=O)c2cc(O)c(O)c(O)c2)[C@H](OC(=O)c2cc(O)c(O)c(O)c2)[C@@H]2OC(=O)c3cc(O)c(O)c(O)c3-c3c(cc(O)c(O)c3O)C(=O)O[C@H]12)c1cc(O)c(O)c(O)c1. The van der Waals surface area contributed by atoms with Crippen molar-refractivity contribution in [3.63, 3.8) is 0 Å². The molecule has 0 aromatic heterocycles. The van der Waals surface area contributed by atoms with Crippen molar-refractivity contribution in [1.29, 1.82) is 0 Å². The summed E-state index contributed by atoms with van der Waals surface area (Å²) in [4.78, 5) is 69.5. The zero-order valence-corrected chi connectivity index (χ0v) is 32.9. The molecule has 2 unspecified atom stereocenters. The summed E-state index contributed by atoms with van der Waals surface area (Å²) >= 11 is 0. The zero-order chi connectivity index (χ0) is 49.1. The van der Waals surface area contributed by atoms with E-state index in [4.69, 9.17) is 28.4 Å². The number of carbonyl (C=O) groups is 5. The van der Waals surface area contributed by atoms with E-state index < -0.39 is 192 Å². The third-order valence-electron chi connectivity index (χ3n) is 10.0. The third-order valence-corrected chi connectivity index (χ3v) is 10.0. The number of esters is 5. The van der Waals surface area contributed by atoms with Crippen LogP contribution in [0.4, 0.5) is 0 Å². The Hall–Kier alpha value is -9.59. The fourth-order valence-corrected chi connectivity index (χ4v) is 6.77. The summed E-state index contributed by atoms with van der Waals surface area (Å²) in [6, 6.07) is 4.30. The topological polar surface area (TPSA) is 444 Å². The van der Waals surface area contributed by atoms with Crippen molar-refractivity contribution in [3.8, 4) is 97.4 Å². The Morgan fingerprint density at radius 1 is 0.433 bits per heavy atom. The number of benzene rings is 5. The average Bonchev–Trinajstić information content (AvgIpc) is 3.27. The summed E-state index contributed by atoms with van der Waals surface area (Å²) < 4.78 is 33.4. The molecule has 2 aliphatic rings. The molecule has 1 saturated heterocycles. The smallest absolute Gasteiger partial charge is 0.340 e. The minimum atomic E-state index is -2.55. The Labute approximate surface area is 369 Å². The first-order valence-electron chi connectivity index (χ1n) is 18.5. The number of carbonyl (C=O) groups excluding carboxylic acids is 5. The predicted molar refractivity (Wildman–Crippen MR) is 208 cm³/mol. The molecule has 5 atom stereocenters. The third kappa shape index (κ3) is 8.12. The van der Waals surface area contributed by atoms with Gasteiger partial charge in [-0.2, -0.15) is 0 Å². The highest BCUT2D eigenvalue weighted by Crippen LogP contribution is 2.53. The van der Waals surface area contributed by atoms with Crippen LogP contribution in [0.15, 0.2) is 48.5 Å². The van der Waals surface area contributed by atoms with Gasteiger partial charge in [-0.1, -0.05) is 0 Å². The highest BCUT2D eigenvalue weighted by Gasteiger charge is 2.55. The van der Waals surface area contributed by atoms with E-state index in [-0.39, 0.29) is 0 Å². The van der Waals surface area contributed by atoms with Gasteiger partial charge in [0.1, 0.15) is 12.7 Å². The molecular weight excluding hydrogens is 908 g/mol. The van der Waals surface area contributed by atoms with E-state index in [2.05, 4.69) is 0 Å². The largest absolute Gasteiger partial charge is 0.504 e. The lowest BCUT2D eigenvalue weighted by molar-refractivity contribution is -0.282. The van der Waals surface area contributed by atoms with Crippen LogP contribution in [0.1, 0.15) is 51.8 Å². The van der Waals surface area contributed by atoms with E-state index in [0.29, 0.717) is 48.5 Å². The summed E-state index contributed by atoms with van der Waals surface area (Å²) in [7, 11) is 0. The molecular formula is C41H30O26. The van der Waals surface area contributed by atoms with Crippen molar-refractivity contribution >= 4 is 29.8 Å². The fraction of sp³-hybridized carbons (Fsp3) is 0.146. The monoisotopic (exact) mass is 938 g/mol. The van der Waals surface area contributed by atoms with E-state index >= 15 is 0 Å². The highest BCUT2D eigenvalue weighted by molar-refractivity contribution is 6.08. The summed E-state index contributed by atoms with van der Waals surface area (Å²) in [5.74, 6) is -26.1. The summed E-state index contributed by atoms with van der Waals surface area (Å²) in [5.41, 5.74) is -6.54. The number of ether oxygens (including phenoxy) is 6. The van der Waals surface area contributed by atoms with Crippen LogP contribution in [0.5, 0.6) is 86.2 Å². The van der Waals surface area contributed by atoms with Crippen LogP contribution in [-0.4, -0.2) is 144 Å². The van der Waals surface area contributed by atoms with Gasteiger partial charge in [-0.25, -0.2) is 24.0 Å². The molecule has 0 aliphatic carbocycles. The molecule has 0 saturated carbocycles. The maximum atomic E-state index is 14.4. The molecule has 15 N–H and O–H groups in total. The molecule has 0 amide bonds. The van der Waals surface area contributed by atoms with Gasteiger partial charge >= 0.3 is 29.8 Å². The van der Waals surface area contributed by atoms with Gasteiger partial charge in [-0.15, -0.1) is 0 Å². The summed E-state index contributed by atoms with van der Waals surface area (Å²) in [6.45, 7) is -1.24. The minimum absolute atomic E-state index is 0.410. The highest BCUT2D eigenvalue weighted by atomic mass is 16.7. The summed E-state index contributed by atoms with van der Waals surface area (Å²) in [6.07, 6.45) is -12.1. The van der Waals surface area contributed by atoms with Crippen LogP contribution in [-0.2, 0) is 28.4 Å². The van der Waals surface area contributed by atoms with Gasteiger partial charge in [0.2, 0.25) is 23.9 Å². The molecule has 5 aromatic rings. The van der Waals surface area contributed by atoms with Gasteiger partial charge in [0.15, 0.2) is 87.0 Å². The van der Waals surface area contributed by atoms with Gasteiger partial charge in [-0.05, 0) is 48.5 Å². The van der Waals surface area contributed by atoms with Gasteiger partial charge in [0, 0.05) is 11.1 Å². The second-order valence-electron chi connectivity index (χ2n) is 14.3. The van der Waals surface area contributed by atoms with Crippen LogP contribution in [0, 0.1) is 0 Å². The lowest BCUT2D eigenvalue weighted by Gasteiger charge is -2.44. The fourth-order valence-electron chi connectivity index (χ4n) is 6.77. The normalized spacial score (nSPS) is 18.8. The van der Waals surface area contributed by atoms with Crippen molar-refractivity contribution in [2.24, 2.45) is 0 Å². The maximum absolute atomic E-state index is 14.4. The number of phenolic OH excluding ortho intramolecular Hbond substituents is 15. The Bertz CT molecular complexity index is 2870. The second kappa shape index (κ2) is 16.8. The van der Waals surface area contributed by atoms with Crippen molar-refractivity contribution in [2.75, 3.05) is 6.61 Å². The standard InChI is InChI=1S/C41H30O26/c42-15-1-10(2-16(43)26(15)50)36(57)62-9-23-33-34(65-40(61)14-8-22(49)30(54)32(56)25(14)24-13(39(60)64-33)7-21(48)29(53)31(24)55)35(66-37(58)11-3-17(44)27(51)18(45)4-11)41(63-23)67-38(59)12-5-19(46)28(52)20(47)6-12/h1-8,23,33-35,41-56H,9H2/t23?,33-,34-,35-,41?/m1/s1. The summed E-state index contributed by atoms with van der Waals surface area (Å²) in [5, 5.41) is 154. The number of rotatable bonds is 7. The second-order valence-corrected chi connectivity index (χ2v) is 14.3. The molecule has 0 radical (unpaired) electrons. The van der Waals surface area contributed by atoms with Gasteiger partial charge < -0.3 is 105 Å². The van der Waals surface area contributed by atoms with E-state index in [9.17, 15) is 101 Å². The van der Waals surface area contributed by atoms with E-state index in [1.54, 1.807) is 0 Å². The molecule has 2 heterocycles. The molecule has 5 aromatic carbocycles. The number of hydrogen-bond acceptors (Lipinski definition) is 26. The van der Waals surface area contributed by atoms with Crippen LogP contribution in [0.2, 0.25) is 0 Å². The Balaban J connectivity index is 1.42. The number of fused-ring (bicyclic) bond motifs is 4. The Morgan fingerprint density at radius 3 is 1.18 bits per heavy atom. The number of hydrogen-bond donors (Lipinski definition) is 15. The molecule has 0 spiro atoms. The molecule has 26 nitrogen and oxygen atoms in total. The number of aromatic hydroxyl groups is 15. The van der Waals surface area contributed by atoms with Crippen LogP contribution >= 0.6 is 0 Å². The Kier molecular flexibility index (Phi) is 11.4. The molecule has 350 valence electrons. The quantitative estimate of drug-likeness (QED) is 0.0627. The van der Waals surface area contributed by atoms with Gasteiger partial charge in [0.05, 0.1) is 27.8 Å². The lowest BCUT2D eigenvalue weighted by Crippen LogP contribution is -2.63. The van der Waals surface area contributed by atoms with Gasteiger partial charge in [-0.3, -0.25) is 0 Å². The van der Waals surface area contributed by atoms with Crippen LogP contribution < -0.4 is 0 Å². The average molecular weight is 939 g/mol. The minimum Gasteiger partial charge on any atom is -0.504 e. The molecule has 7 rings (SSSR count). The first kappa shape index (κ1) is 45.4. The first-order chi connectivity index (χ1) is 31.5. The Morgan fingerprint density at radius 2 is 0.776 bits per heavy atom. The van der Waals surface area contributed by atoms with Crippen molar-refractivity contribution in [1.82, 2.24) is 0 Å². The van der Waals surface area contributed by atoms with Crippen molar-refractivity contribution in [3.05, 3.63) is 76.3 Å². The van der Waals surface area contributed by atoms with Crippen molar-refractivity contribution < 1.29 is 129 Å². The molecule has 2 aliphatic heterocycles. The molecule has 26 heteroatoms. The molecule has 1 fully saturated rings. The van der Waals surface area contributed by atoms with Crippen LogP contribution in [0.25, 0.3) is 11.1 Å². The molecule has 0 bridgehead atoms. The molecule has 67 heavy (non-hydrogen) atoms. The van der Waals surface area contributed by atoms with Gasteiger partial charge in [0.25, 0.3) is 0 Å². The lowest BCUT2D eigenvalue weighted by atomic mass is 9.91. The van der Waals surface area contributed by atoms with E-state index in [1.165, 1.54) is 0 Å². The van der Waals surface area contributed by atoms with E-state index in [1.807, 2.05) is 0 Å². The predicted octanol–water partition coefficient (Wildman–Crippen LogP) is 1.67.